The molecule has 90 valence electrons. The molecule has 0 aliphatic carbocycles. The summed E-state index contributed by atoms with van der Waals surface area (Å²) in [6, 6.07) is 0. The molecule has 0 spiro atoms. The number of rotatable bonds is 3. The Hall–Kier alpha value is -0.750. The van der Waals surface area contributed by atoms with Gasteiger partial charge >= 0.3 is 0 Å². The molecule has 0 bridgehead atoms. The van der Waals surface area contributed by atoms with Gasteiger partial charge in [0, 0.05) is 11.3 Å². The molecule has 0 aromatic carbocycles. The molecule has 1 unspecified atom stereocenters. The van der Waals surface area contributed by atoms with E-state index in [0.717, 1.165) is 0 Å². The first-order valence-electron chi connectivity index (χ1n) is 5.00. The van der Waals surface area contributed by atoms with Crippen LogP contribution in [0.25, 0.3) is 0 Å². The molecule has 16 heavy (non-hydrogen) atoms. The summed E-state index contributed by atoms with van der Waals surface area (Å²) in [6.07, 6.45) is 1.48. The highest BCUT2D eigenvalue weighted by Crippen LogP contribution is 2.17. The number of aromatic nitrogens is 1. The predicted molar refractivity (Wildman–Crippen MR) is 66.3 cm³/mol. The van der Waals surface area contributed by atoms with E-state index >= 15 is 0 Å². The SMILES string of the molecule is CCS(=O)c1ncc(C(=O)NC(C)(C)C)s1. The highest BCUT2D eigenvalue weighted by Gasteiger charge is 2.18. The van der Waals surface area contributed by atoms with Crippen LogP contribution in [0.5, 0.6) is 0 Å². The number of nitrogens with zero attached hydrogens (tertiary/aromatic N) is 1. The number of carbonyl (C=O) groups excluding carboxylic acids is 1. The number of thiazole rings is 1. The van der Waals surface area contributed by atoms with Crippen molar-refractivity contribution in [3.05, 3.63) is 11.1 Å². The Balaban J connectivity index is 2.78. The minimum Gasteiger partial charge on any atom is -0.347 e. The first kappa shape index (κ1) is 13.3. The first-order chi connectivity index (χ1) is 7.33. The van der Waals surface area contributed by atoms with Gasteiger partial charge in [0.1, 0.15) is 4.88 Å². The molecule has 1 heterocycles. The van der Waals surface area contributed by atoms with Crippen molar-refractivity contribution >= 4 is 28.0 Å². The fourth-order valence-electron chi connectivity index (χ4n) is 0.994. The molecule has 4 nitrogen and oxygen atoms in total. The van der Waals surface area contributed by atoms with Gasteiger partial charge in [0.25, 0.3) is 5.91 Å². The fourth-order valence-corrected chi connectivity index (χ4v) is 2.95. The van der Waals surface area contributed by atoms with Crippen molar-refractivity contribution < 1.29 is 9.00 Å². The third-order valence-electron chi connectivity index (χ3n) is 1.65. The van der Waals surface area contributed by atoms with Gasteiger partial charge in [0.2, 0.25) is 0 Å². The second-order valence-corrected chi connectivity index (χ2v) is 7.27. The van der Waals surface area contributed by atoms with E-state index in [1.807, 2.05) is 27.7 Å². The summed E-state index contributed by atoms with van der Waals surface area (Å²) in [7, 11) is -1.08. The third-order valence-corrected chi connectivity index (χ3v) is 4.27. The normalized spacial score (nSPS) is 13.5. The zero-order chi connectivity index (χ0) is 12.3. The summed E-state index contributed by atoms with van der Waals surface area (Å²) in [5, 5.41) is 2.84. The van der Waals surface area contributed by atoms with Crippen LogP contribution < -0.4 is 5.32 Å². The van der Waals surface area contributed by atoms with Crippen LogP contribution in [0.15, 0.2) is 10.5 Å². The zero-order valence-corrected chi connectivity index (χ0v) is 11.5. The molecule has 1 atom stereocenters. The monoisotopic (exact) mass is 260 g/mol. The van der Waals surface area contributed by atoms with Gasteiger partial charge in [-0.15, -0.1) is 11.3 Å². The van der Waals surface area contributed by atoms with Crippen molar-refractivity contribution in [3.8, 4) is 0 Å². The molecule has 0 radical (unpaired) electrons. The number of amides is 1. The molecule has 0 aliphatic heterocycles. The number of carbonyl (C=O) groups is 1. The summed E-state index contributed by atoms with van der Waals surface area (Å²) in [6.45, 7) is 7.57. The van der Waals surface area contributed by atoms with Crippen LogP contribution in [0.4, 0.5) is 0 Å². The Morgan fingerprint density at radius 1 is 1.56 bits per heavy atom. The zero-order valence-electron chi connectivity index (χ0n) is 9.86. The molecule has 1 amide bonds. The minimum absolute atomic E-state index is 0.163. The van der Waals surface area contributed by atoms with Crippen LogP contribution in [0, 0.1) is 0 Å². The molecule has 1 rings (SSSR count). The third kappa shape index (κ3) is 3.68. The maximum absolute atomic E-state index is 11.7. The topological polar surface area (TPSA) is 59.1 Å². The summed E-state index contributed by atoms with van der Waals surface area (Å²) in [4.78, 5) is 16.2. The number of hydrogen-bond acceptors (Lipinski definition) is 4. The Labute approximate surface area is 102 Å². The minimum atomic E-state index is -1.08. The van der Waals surface area contributed by atoms with Gasteiger partial charge in [0.05, 0.1) is 17.0 Å². The van der Waals surface area contributed by atoms with Crippen molar-refractivity contribution in [2.24, 2.45) is 0 Å². The van der Waals surface area contributed by atoms with Crippen LogP contribution in [0.3, 0.4) is 0 Å². The van der Waals surface area contributed by atoms with E-state index in [1.165, 1.54) is 17.5 Å². The maximum Gasteiger partial charge on any atom is 0.263 e. The lowest BCUT2D eigenvalue weighted by Crippen LogP contribution is -2.40. The van der Waals surface area contributed by atoms with Crippen LogP contribution >= 0.6 is 11.3 Å². The molecule has 0 saturated carbocycles. The van der Waals surface area contributed by atoms with Crippen molar-refractivity contribution in [2.75, 3.05) is 5.75 Å². The molecular formula is C10H16N2O2S2. The van der Waals surface area contributed by atoms with Gasteiger partial charge in [-0.1, -0.05) is 6.92 Å². The largest absolute Gasteiger partial charge is 0.347 e. The van der Waals surface area contributed by atoms with Crippen LogP contribution in [-0.2, 0) is 10.8 Å². The van der Waals surface area contributed by atoms with Gasteiger partial charge in [-0.25, -0.2) is 4.98 Å². The summed E-state index contributed by atoms with van der Waals surface area (Å²) in [5.41, 5.74) is -0.273. The highest BCUT2D eigenvalue weighted by atomic mass is 32.2. The Bertz CT molecular complexity index is 407. The predicted octanol–water partition coefficient (Wildman–Crippen LogP) is 1.80. The van der Waals surface area contributed by atoms with Crippen LogP contribution in [0.1, 0.15) is 37.4 Å². The van der Waals surface area contributed by atoms with Gasteiger partial charge in [-0.2, -0.15) is 0 Å². The van der Waals surface area contributed by atoms with E-state index in [9.17, 15) is 9.00 Å². The number of nitrogens with one attached hydrogen (secondary N) is 1. The fraction of sp³-hybridized carbons (Fsp3) is 0.600. The van der Waals surface area contributed by atoms with Gasteiger partial charge in [-0.3, -0.25) is 9.00 Å². The van der Waals surface area contributed by atoms with Crippen molar-refractivity contribution in [1.82, 2.24) is 10.3 Å². The standard InChI is InChI=1S/C10H16N2O2S2/c1-5-16(14)9-11-6-7(15-9)8(13)12-10(2,3)4/h6H,5H2,1-4H3,(H,12,13). The first-order valence-corrected chi connectivity index (χ1v) is 7.13. The lowest BCUT2D eigenvalue weighted by molar-refractivity contribution is 0.0923. The molecular weight excluding hydrogens is 244 g/mol. The van der Waals surface area contributed by atoms with Crippen molar-refractivity contribution in [2.45, 2.75) is 37.6 Å². The van der Waals surface area contributed by atoms with Crippen LogP contribution in [0.2, 0.25) is 0 Å². The quantitative estimate of drug-likeness (QED) is 0.901. The highest BCUT2D eigenvalue weighted by molar-refractivity contribution is 7.87. The van der Waals surface area contributed by atoms with Gasteiger partial charge in [0.15, 0.2) is 4.34 Å². The second kappa shape index (κ2) is 5.05. The summed E-state index contributed by atoms with van der Waals surface area (Å²) >= 11 is 1.19. The van der Waals surface area contributed by atoms with E-state index < -0.39 is 10.8 Å². The van der Waals surface area contributed by atoms with Gasteiger partial charge < -0.3 is 5.32 Å². The summed E-state index contributed by atoms with van der Waals surface area (Å²) in [5.74, 6) is 0.359. The Morgan fingerprint density at radius 2 is 2.19 bits per heavy atom. The lowest BCUT2D eigenvalue weighted by Gasteiger charge is -2.19. The molecule has 1 aromatic rings. The van der Waals surface area contributed by atoms with Gasteiger partial charge in [-0.05, 0) is 20.8 Å². The van der Waals surface area contributed by atoms with E-state index in [1.54, 1.807) is 0 Å². The van der Waals surface area contributed by atoms with Crippen LogP contribution in [-0.4, -0.2) is 26.4 Å². The molecule has 1 aromatic heterocycles. The summed E-state index contributed by atoms with van der Waals surface area (Å²) < 4.78 is 12.0. The molecule has 0 saturated heterocycles. The van der Waals surface area contributed by atoms with E-state index in [2.05, 4.69) is 10.3 Å². The maximum atomic E-state index is 11.7. The van der Waals surface area contributed by atoms with E-state index in [0.29, 0.717) is 15.0 Å². The average Bonchev–Trinajstić information content (AvgIpc) is 2.62. The van der Waals surface area contributed by atoms with E-state index in [4.69, 9.17) is 0 Å². The van der Waals surface area contributed by atoms with E-state index in [-0.39, 0.29) is 11.4 Å². The Kier molecular flexibility index (Phi) is 4.21. The molecule has 1 N–H and O–H groups in total. The molecule has 0 aliphatic rings. The molecule has 0 fully saturated rings. The second-order valence-electron chi connectivity index (χ2n) is 4.33. The lowest BCUT2D eigenvalue weighted by atomic mass is 10.1. The smallest absolute Gasteiger partial charge is 0.263 e. The number of hydrogen-bond donors (Lipinski definition) is 1. The Morgan fingerprint density at radius 3 is 2.69 bits per heavy atom. The molecule has 6 heteroatoms. The van der Waals surface area contributed by atoms with Crippen molar-refractivity contribution in [3.63, 3.8) is 0 Å². The average molecular weight is 260 g/mol. The van der Waals surface area contributed by atoms with Crippen molar-refractivity contribution in [1.29, 1.82) is 0 Å².